The summed E-state index contributed by atoms with van der Waals surface area (Å²) in [6.45, 7) is 3.06. The second-order valence-corrected chi connectivity index (χ2v) is 15.1. The number of benzene rings is 4. The van der Waals surface area contributed by atoms with Crippen LogP contribution in [0.3, 0.4) is 0 Å². The summed E-state index contributed by atoms with van der Waals surface area (Å²) in [5.74, 6) is -1.55. The van der Waals surface area contributed by atoms with E-state index in [9.17, 15) is 34.8 Å². The highest BCUT2D eigenvalue weighted by Gasteiger charge is 2.32. The van der Waals surface area contributed by atoms with E-state index in [-0.39, 0.29) is 27.6 Å². The van der Waals surface area contributed by atoms with Gasteiger partial charge in [0.1, 0.15) is 21.3 Å². The molecule has 0 amide bonds. The molecule has 0 unspecified atom stereocenters. The lowest BCUT2D eigenvalue weighted by molar-refractivity contribution is 0.103. The van der Waals surface area contributed by atoms with E-state index < -0.39 is 57.2 Å². The van der Waals surface area contributed by atoms with Gasteiger partial charge in [-0.2, -0.15) is 25.3 Å². The lowest BCUT2D eigenvalue weighted by atomic mass is 9.99. The van der Waals surface area contributed by atoms with Crippen molar-refractivity contribution >= 4 is 41.9 Å². The molecule has 0 saturated heterocycles. The van der Waals surface area contributed by atoms with Crippen LogP contribution in [0, 0.1) is 13.8 Å². The summed E-state index contributed by atoms with van der Waals surface area (Å²) >= 11 is 0. The van der Waals surface area contributed by atoms with Crippen LogP contribution in [0.1, 0.15) is 43.0 Å². The number of rotatable bonds is 13. The minimum absolute atomic E-state index is 0.0796. The van der Waals surface area contributed by atoms with Crippen molar-refractivity contribution in [2.45, 2.75) is 28.5 Å². The summed E-state index contributed by atoms with van der Waals surface area (Å²) < 4.78 is 103. The number of ketones is 2. The highest BCUT2D eigenvalue weighted by molar-refractivity contribution is 7.88. The first-order valence-electron chi connectivity index (χ1n) is 13.7. The molecular formula is C32H30O13S3. The smallest absolute Gasteiger partial charge is 0.300 e. The zero-order chi connectivity index (χ0) is 35.6. The Hall–Kier alpha value is -4.45. The SMILES string of the molecule is COc1ccc(C(=O)c2ccc(Oc3c(S(=O)(=O)OC)cc(C(=O)c4cc(C)c(C)c(S(=O)(=O)OC)c4)cc3S(=O)(=O)OC)cc2)cc1. The molecular weight excluding hydrogens is 689 g/mol. The van der Waals surface area contributed by atoms with Gasteiger partial charge in [0, 0.05) is 22.3 Å². The highest BCUT2D eigenvalue weighted by atomic mass is 32.2. The fraction of sp³-hybridized carbons (Fsp3) is 0.188. The number of carbonyl (C=O) groups is 2. The van der Waals surface area contributed by atoms with Gasteiger partial charge in [-0.1, -0.05) is 0 Å². The molecule has 4 aromatic rings. The van der Waals surface area contributed by atoms with Crippen LogP contribution in [0.5, 0.6) is 17.2 Å². The van der Waals surface area contributed by atoms with Gasteiger partial charge >= 0.3 is 20.2 Å². The predicted octanol–water partition coefficient (Wildman–Crippen LogP) is 4.57. The zero-order valence-electron chi connectivity index (χ0n) is 26.5. The molecule has 0 heterocycles. The van der Waals surface area contributed by atoms with E-state index >= 15 is 0 Å². The maximum Gasteiger partial charge on any atom is 0.300 e. The van der Waals surface area contributed by atoms with Crippen LogP contribution in [0.15, 0.2) is 87.5 Å². The monoisotopic (exact) mass is 718 g/mol. The third-order valence-corrected chi connectivity index (χ3v) is 11.3. The zero-order valence-corrected chi connectivity index (χ0v) is 28.9. The van der Waals surface area contributed by atoms with Gasteiger partial charge in [-0.3, -0.25) is 22.1 Å². The molecule has 0 radical (unpaired) electrons. The summed E-state index contributed by atoms with van der Waals surface area (Å²) in [5, 5.41) is 0. The number of aryl methyl sites for hydroxylation is 1. The standard InChI is InChI=1S/C32H30O13S3/c1-19-15-23(16-27(20(19)2)46(35,36)42-4)31(34)24-17-28(47(37,38)43-5)32(29(18-24)48(39,40)44-6)45-26-13-9-22(10-14-26)30(33)21-7-11-25(41-3)12-8-21/h7-18H,1-6H3. The van der Waals surface area contributed by atoms with Crippen LogP contribution in [0.2, 0.25) is 0 Å². The van der Waals surface area contributed by atoms with Crippen molar-refractivity contribution < 1.29 is 56.9 Å². The predicted molar refractivity (Wildman–Crippen MR) is 171 cm³/mol. The Labute approximate surface area is 278 Å². The molecule has 0 spiro atoms. The summed E-state index contributed by atoms with van der Waals surface area (Å²) in [6.07, 6.45) is 0. The first kappa shape index (κ1) is 36.4. The normalized spacial score (nSPS) is 12.0. The summed E-state index contributed by atoms with van der Waals surface area (Å²) in [4.78, 5) is 24.7. The van der Waals surface area contributed by atoms with E-state index in [2.05, 4.69) is 12.5 Å². The first-order valence-corrected chi connectivity index (χ1v) is 17.9. The number of hydrogen-bond donors (Lipinski definition) is 0. The molecule has 4 rings (SSSR count). The van der Waals surface area contributed by atoms with E-state index in [1.807, 2.05) is 0 Å². The lowest BCUT2D eigenvalue weighted by Crippen LogP contribution is -2.14. The fourth-order valence-electron chi connectivity index (χ4n) is 4.53. The molecule has 0 aromatic heterocycles. The van der Waals surface area contributed by atoms with E-state index in [1.54, 1.807) is 31.2 Å². The Morgan fingerprint density at radius 2 is 0.875 bits per heavy atom. The summed E-state index contributed by atoms with van der Waals surface area (Å²) in [7, 11) is -9.71. The maximum atomic E-state index is 13.7. The number of hydrogen-bond acceptors (Lipinski definition) is 13. The van der Waals surface area contributed by atoms with Crippen LogP contribution in [-0.2, 0) is 42.9 Å². The minimum Gasteiger partial charge on any atom is -0.497 e. The van der Waals surface area contributed by atoms with Crippen molar-refractivity contribution in [2.75, 3.05) is 28.4 Å². The molecule has 0 N–H and O–H groups in total. The van der Waals surface area contributed by atoms with E-state index in [0.29, 0.717) is 22.4 Å². The van der Waals surface area contributed by atoms with E-state index in [4.69, 9.17) is 9.47 Å². The van der Waals surface area contributed by atoms with Crippen LogP contribution >= 0.6 is 0 Å². The first-order chi connectivity index (χ1) is 22.5. The maximum absolute atomic E-state index is 13.7. The molecule has 0 aliphatic rings. The number of methoxy groups -OCH3 is 1. The molecule has 0 saturated carbocycles. The third-order valence-electron chi connectivity index (χ3n) is 7.32. The fourth-order valence-corrected chi connectivity index (χ4v) is 7.25. The van der Waals surface area contributed by atoms with Gasteiger partial charge in [-0.05, 0) is 97.8 Å². The van der Waals surface area contributed by atoms with Crippen LogP contribution in [0.25, 0.3) is 0 Å². The van der Waals surface area contributed by atoms with Gasteiger partial charge in [0.25, 0.3) is 10.1 Å². The third kappa shape index (κ3) is 7.33. The van der Waals surface area contributed by atoms with E-state index in [0.717, 1.165) is 39.5 Å². The van der Waals surface area contributed by atoms with Crippen LogP contribution in [0.4, 0.5) is 0 Å². The van der Waals surface area contributed by atoms with Crippen LogP contribution < -0.4 is 9.47 Å². The Morgan fingerprint density at radius 3 is 1.31 bits per heavy atom. The molecule has 16 heteroatoms. The molecule has 254 valence electrons. The van der Waals surface area contributed by atoms with Gasteiger partial charge in [0.2, 0.25) is 0 Å². The van der Waals surface area contributed by atoms with Crippen molar-refractivity contribution in [3.05, 3.63) is 106 Å². The second-order valence-electron chi connectivity index (χ2n) is 10.1. The number of carbonyl (C=O) groups excluding carboxylic acids is 2. The second kappa shape index (κ2) is 14.0. The van der Waals surface area contributed by atoms with Gasteiger partial charge in [-0.15, -0.1) is 0 Å². The molecule has 0 fully saturated rings. The van der Waals surface area contributed by atoms with Crippen molar-refractivity contribution in [1.82, 2.24) is 0 Å². The van der Waals surface area contributed by atoms with Gasteiger partial charge < -0.3 is 9.47 Å². The quantitative estimate of drug-likeness (QED) is 0.139. The molecule has 48 heavy (non-hydrogen) atoms. The van der Waals surface area contributed by atoms with Crippen molar-refractivity contribution in [3.63, 3.8) is 0 Å². The Morgan fingerprint density at radius 1 is 0.500 bits per heavy atom. The molecule has 4 aromatic carbocycles. The molecule has 0 aliphatic heterocycles. The van der Waals surface area contributed by atoms with Crippen molar-refractivity contribution in [3.8, 4) is 17.2 Å². The molecule has 0 aliphatic carbocycles. The Balaban J connectivity index is 1.86. The Bertz CT molecular complexity index is 2170. The van der Waals surface area contributed by atoms with Crippen LogP contribution in [-0.4, -0.2) is 65.3 Å². The molecule has 0 bridgehead atoms. The van der Waals surface area contributed by atoms with Crippen molar-refractivity contribution in [2.24, 2.45) is 0 Å². The van der Waals surface area contributed by atoms with Crippen molar-refractivity contribution in [1.29, 1.82) is 0 Å². The molecule has 0 atom stereocenters. The largest absolute Gasteiger partial charge is 0.497 e. The molecule has 13 nitrogen and oxygen atoms in total. The van der Waals surface area contributed by atoms with Gasteiger partial charge in [0.15, 0.2) is 17.3 Å². The summed E-state index contributed by atoms with van der Waals surface area (Å²) in [5.41, 5.74) is 0.617. The highest BCUT2D eigenvalue weighted by Crippen LogP contribution is 2.39. The average molecular weight is 719 g/mol. The topological polar surface area (TPSA) is 183 Å². The van der Waals surface area contributed by atoms with E-state index in [1.165, 1.54) is 44.4 Å². The number of ether oxygens (including phenoxy) is 2. The minimum atomic E-state index is -4.77. The lowest BCUT2D eigenvalue weighted by Gasteiger charge is -2.17. The van der Waals surface area contributed by atoms with Gasteiger partial charge in [0.05, 0.1) is 33.3 Å². The average Bonchev–Trinajstić information content (AvgIpc) is 3.08. The summed E-state index contributed by atoms with van der Waals surface area (Å²) in [6, 6.07) is 15.9. The Kier molecular flexibility index (Phi) is 10.6. The van der Waals surface area contributed by atoms with Gasteiger partial charge in [-0.25, -0.2) is 0 Å².